The molecule has 0 aliphatic heterocycles. The van der Waals surface area contributed by atoms with Crippen molar-refractivity contribution >= 4 is 17.8 Å². The lowest BCUT2D eigenvalue weighted by molar-refractivity contribution is 1.07. The summed E-state index contributed by atoms with van der Waals surface area (Å²) in [6.45, 7) is 0. The molecule has 1 heterocycles. The Bertz CT molecular complexity index is 266. The summed E-state index contributed by atoms with van der Waals surface area (Å²) in [7, 11) is 0. The molecule has 64 valence electrons. The molecule has 0 amide bonds. The molecule has 12 heavy (non-hydrogen) atoms. The van der Waals surface area contributed by atoms with Gasteiger partial charge in [-0.05, 0) is 12.1 Å². The van der Waals surface area contributed by atoms with E-state index in [1.165, 1.54) is 17.5 Å². The van der Waals surface area contributed by atoms with Gasteiger partial charge in [-0.1, -0.05) is 0 Å². The molecule has 1 aromatic rings. The lowest BCUT2D eigenvalue weighted by atomic mass is 10.4. The van der Waals surface area contributed by atoms with Crippen LogP contribution in [0.1, 0.15) is 0 Å². The molecular weight excluding hydrogens is 156 g/mol. The molecule has 6 nitrogen and oxygen atoms in total. The molecule has 0 atom stereocenters. The molecular formula is C6H10N6. The first kappa shape index (κ1) is 8.28. The number of nitrogens with two attached hydrogens (primary N) is 3. The molecule has 0 fully saturated rings. The number of anilines is 2. The first-order chi connectivity index (χ1) is 5.74. The van der Waals surface area contributed by atoms with Gasteiger partial charge in [0.1, 0.15) is 12.2 Å². The number of aromatic nitrogens is 1. The third-order valence-electron chi connectivity index (χ3n) is 1.23. The zero-order valence-corrected chi connectivity index (χ0v) is 6.38. The van der Waals surface area contributed by atoms with Gasteiger partial charge in [0.25, 0.3) is 0 Å². The quantitative estimate of drug-likeness (QED) is 0.232. The zero-order chi connectivity index (χ0) is 8.97. The van der Waals surface area contributed by atoms with E-state index >= 15 is 0 Å². The third-order valence-corrected chi connectivity index (χ3v) is 1.23. The van der Waals surface area contributed by atoms with Crippen LogP contribution in [0.25, 0.3) is 0 Å². The molecule has 0 saturated heterocycles. The Morgan fingerprint density at radius 3 is 2.75 bits per heavy atom. The summed E-state index contributed by atoms with van der Waals surface area (Å²) >= 11 is 0. The van der Waals surface area contributed by atoms with E-state index in [1.807, 2.05) is 0 Å². The SMILES string of the molecule is N/N=C\N(N)c1ccc(N)cn1. The number of nitrogen functional groups attached to an aromatic ring is 1. The summed E-state index contributed by atoms with van der Waals surface area (Å²) in [5, 5.41) is 4.43. The highest BCUT2D eigenvalue weighted by molar-refractivity contribution is 5.75. The summed E-state index contributed by atoms with van der Waals surface area (Å²) < 4.78 is 0. The largest absolute Gasteiger partial charge is 0.397 e. The summed E-state index contributed by atoms with van der Waals surface area (Å²) in [4.78, 5) is 3.93. The number of hydrogen-bond acceptors (Lipinski definition) is 5. The molecule has 0 aliphatic carbocycles. The molecule has 0 unspecified atom stereocenters. The summed E-state index contributed by atoms with van der Waals surface area (Å²) in [6.07, 6.45) is 2.75. The highest BCUT2D eigenvalue weighted by Gasteiger charge is 1.97. The van der Waals surface area contributed by atoms with Gasteiger partial charge < -0.3 is 11.6 Å². The summed E-state index contributed by atoms with van der Waals surface area (Å²) in [5.74, 6) is 10.9. The van der Waals surface area contributed by atoms with Crippen LogP contribution in [0.2, 0.25) is 0 Å². The van der Waals surface area contributed by atoms with Crippen LogP contribution in [-0.2, 0) is 0 Å². The second kappa shape index (κ2) is 3.54. The van der Waals surface area contributed by atoms with E-state index in [4.69, 9.17) is 17.4 Å². The van der Waals surface area contributed by atoms with Crippen LogP contribution < -0.4 is 22.4 Å². The average molecular weight is 166 g/mol. The molecule has 0 spiro atoms. The van der Waals surface area contributed by atoms with E-state index in [2.05, 4.69) is 10.1 Å². The van der Waals surface area contributed by atoms with Crippen molar-refractivity contribution in [2.75, 3.05) is 10.7 Å². The monoisotopic (exact) mass is 166 g/mol. The predicted octanol–water partition coefficient (Wildman–Crippen LogP) is -0.754. The van der Waals surface area contributed by atoms with Gasteiger partial charge in [-0.15, -0.1) is 0 Å². The lowest BCUT2D eigenvalue weighted by Gasteiger charge is -2.09. The van der Waals surface area contributed by atoms with Gasteiger partial charge >= 0.3 is 0 Å². The van der Waals surface area contributed by atoms with Crippen molar-refractivity contribution in [3.05, 3.63) is 18.3 Å². The molecule has 0 radical (unpaired) electrons. The maximum absolute atomic E-state index is 5.46. The van der Waals surface area contributed by atoms with Crippen LogP contribution in [0, 0.1) is 0 Å². The van der Waals surface area contributed by atoms with Gasteiger partial charge in [0.05, 0.1) is 11.9 Å². The van der Waals surface area contributed by atoms with E-state index in [1.54, 1.807) is 12.1 Å². The first-order valence-corrected chi connectivity index (χ1v) is 3.23. The Kier molecular flexibility index (Phi) is 2.44. The molecule has 6 heteroatoms. The molecule has 1 rings (SSSR count). The van der Waals surface area contributed by atoms with Crippen LogP contribution in [0.3, 0.4) is 0 Å². The molecule has 6 N–H and O–H groups in total. The van der Waals surface area contributed by atoms with Crippen LogP contribution in [0.5, 0.6) is 0 Å². The van der Waals surface area contributed by atoms with Crippen LogP contribution in [0.15, 0.2) is 23.4 Å². The Balaban J connectivity index is 2.82. The zero-order valence-electron chi connectivity index (χ0n) is 6.38. The number of nitrogens with zero attached hydrogens (tertiary/aromatic N) is 3. The fraction of sp³-hybridized carbons (Fsp3) is 0. The summed E-state index contributed by atoms with van der Waals surface area (Å²) in [5.41, 5.74) is 6.00. The van der Waals surface area contributed by atoms with Gasteiger partial charge in [0, 0.05) is 0 Å². The van der Waals surface area contributed by atoms with Crippen molar-refractivity contribution in [3.8, 4) is 0 Å². The van der Waals surface area contributed by atoms with Gasteiger partial charge in [-0.2, -0.15) is 5.10 Å². The van der Waals surface area contributed by atoms with Crippen LogP contribution >= 0.6 is 0 Å². The highest BCUT2D eigenvalue weighted by atomic mass is 15.4. The standard InChI is InChI=1S/C6H10N6/c7-5-1-2-6(10-3-5)12(9)4-11-8/h1-4H,7-9H2/b11-4-. The molecule has 0 aliphatic rings. The molecule has 0 bridgehead atoms. The van der Waals surface area contributed by atoms with E-state index in [-0.39, 0.29) is 0 Å². The number of hydrogen-bond donors (Lipinski definition) is 3. The van der Waals surface area contributed by atoms with Crippen molar-refractivity contribution in [1.82, 2.24) is 4.98 Å². The normalized spacial score (nSPS) is 10.4. The minimum absolute atomic E-state index is 0.526. The highest BCUT2D eigenvalue weighted by Crippen LogP contribution is 2.06. The fourth-order valence-electron chi connectivity index (χ4n) is 0.681. The van der Waals surface area contributed by atoms with Gasteiger partial charge in [-0.3, -0.25) is 0 Å². The second-order valence-electron chi connectivity index (χ2n) is 2.12. The van der Waals surface area contributed by atoms with E-state index < -0.39 is 0 Å². The van der Waals surface area contributed by atoms with Crippen LogP contribution in [0.4, 0.5) is 11.5 Å². The van der Waals surface area contributed by atoms with Gasteiger partial charge in [-0.25, -0.2) is 15.8 Å². The average Bonchev–Trinajstić information content (AvgIpc) is 2.06. The second-order valence-corrected chi connectivity index (χ2v) is 2.12. The van der Waals surface area contributed by atoms with E-state index in [0.29, 0.717) is 11.5 Å². The molecule has 1 aromatic heterocycles. The molecule has 0 aromatic carbocycles. The Morgan fingerprint density at radius 2 is 2.25 bits per heavy atom. The van der Waals surface area contributed by atoms with Crippen LogP contribution in [-0.4, -0.2) is 11.3 Å². The van der Waals surface area contributed by atoms with Crippen molar-refractivity contribution in [2.24, 2.45) is 16.8 Å². The van der Waals surface area contributed by atoms with Crippen molar-refractivity contribution in [1.29, 1.82) is 0 Å². The van der Waals surface area contributed by atoms with Crippen molar-refractivity contribution < 1.29 is 0 Å². The smallest absolute Gasteiger partial charge is 0.148 e. The number of rotatable bonds is 2. The fourth-order valence-corrected chi connectivity index (χ4v) is 0.681. The molecule has 0 saturated carbocycles. The first-order valence-electron chi connectivity index (χ1n) is 3.23. The number of hydrazone groups is 1. The third kappa shape index (κ3) is 1.83. The summed E-state index contributed by atoms with van der Waals surface area (Å²) in [6, 6.07) is 3.35. The number of hydrazine groups is 1. The number of pyridine rings is 1. The minimum Gasteiger partial charge on any atom is -0.397 e. The maximum atomic E-state index is 5.46. The topological polar surface area (TPSA) is 107 Å². The van der Waals surface area contributed by atoms with Gasteiger partial charge in [0.2, 0.25) is 0 Å². The van der Waals surface area contributed by atoms with E-state index in [0.717, 1.165) is 0 Å². The van der Waals surface area contributed by atoms with E-state index in [9.17, 15) is 0 Å². The van der Waals surface area contributed by atoms with Crippen molar-refractivity contribution in [3.63, 3.8) is 0 Å². The van der Waals surface area contributed by atoms with Gasteiger partial charge in [0.15, 0.2) is 0 Å². The maximum Gasteiger partial charge on any atom is 0.148 e. The Hall–Kier alpha value is -1.82. The predicted molar refractivity (Wildman–Crippen MR) is 48.0 cm³/mol. The van der Waals surface area contributed by atoms with Crippen molar-refractivity contribution in [2.45, 2.75) is 0 Å². The lowest BCUT2D eigenvalue weighted by Crippen LogP contribution is -2.30. The Morgan fingerprint density at radius 1 is 1.50 bits per heavy atom. The minimum atomic E-state index is 0.526. The Labute approximate surface area is 69.6 Å².